The van der Waals surface area contributed by atoms with Gasteiger partial charge in [-0.3, -0.25) is 9.69 Å². The lowest BCUT2D eigenvalue weighted by atomic mass is 10.1. The van der Waals surface area contributed by atoms with E-state index in [4.69, 9.17) is 12.2 Å². The van der Waals surface area contributed by atoms with Crippen LogP contribution in [0.4, 0.5) is 10.1 Å². The van der Waals surface area contributed by atoms with Crippen LogP contribution in [0.3, 0.4) is 0 Å². The summed E-state index contributed by atoms with van der Waals surface area (Å²) in [6.07, 6.45) is 5.25. The standard InChI is InChI=1S/C14H16FN3O/c1-2-3-17-4-6-18(7-5-17)14(19)11-8-12(15)10-13(16)9-11/h1,8-10H,3-7,16H2. The molecule has 1 fully saturated rings. The van der Waals surface area contributed by atoms with E-state index in [-0.39, 0.29) is 11.6 Å². The molecular formula is C14H16FN3O. The first-order valence-corrected chi connectivity index (χ1v) is 6.11. The number of terminal acetylenes is 1. The zero-order valence-corrected chi connectivity index (χ0v) is 10.6. The Morgan fingerprint density at radius 3 is 2.58 bits per heavy atom. The maximum atomic E-state index is 13.2. The Kier molecular flexibility index (Phi) is 4.03. The number of amides is 1. The average Bonchev–Trinajstić information content (AvgIpc) is 2.38. The Morgan fingerprint density at radius 1 is 1.32 bits per heavy atom. The number of hydrogen-bond donors (Lipinski definition) is 1. The molecule has 2 N–H and O–H groups in total. The van der Waals surface area contributed by atoms with Gasteiger partial charge in [0.2, 0.25) is 0 Å². The number of benzene rings is 1. The molecule has 0 aliphatic carbocycles. The molecule has 19 heavy (non-hydrogen) atoms. The zero-order valence-electron chi connectivity index (χ0n) is 10.6. The average molecular weight is 261 g/mol. The minimum atomic E-state index is -0.491. The molecule has 0 saturated carbocycles. The second-order valence-corrected chi connectivity index (χ2v) is 4.55. The summed E-state index contributed by atoms with van der Waals surface area (Å²) in [6, 6.07) is 3.91. The van der Waals surface area contributed by atoms with Crippen LogP contribution in [0, 0.1) is 18.2 Å². The van der Waals surface area contributed by atoms with Crippen LogP contribution in [0.25, 0.3) is 0 Å². The molecule has 5 heteroatoms. The predicted octanol–water partition coefficient (Wildman–Crippen LogP) is 0.799. The molecule has 1 heterocycles. The van der Waals surface area contributed by atoms with Crippen LogP contribution in [0.2, 0.25) is 0 Å². The van der Waals surface area contributed by atoms with E-state index in [1.54, 1.807) is 4.90 Å². The van der Waals surface area contributed by atoms with E-state index in [1.807, 2.05) is 0 Å². The van der Waals surface area contributed by atoms with Crippen molar-refractivity contribution in [2.75, 3.05) is 38.5 Å². The first-order valence-electron chi connectivity index (χ1n) is 6.11. The summed E-state index contributed by atoms with van der Waals surface area (Å²) < 4.78 is 13.2. The highest BCUT2D eigenvalue weighted by Gasteiger charge is 2.22. The van der Waals surface area contributed by atoms with E-state index in [1.165, 1.54) is 18.2 Å². The van der Waals surface area contributed by atoms with Crippen molar-refractivity contribution in [3.05, 3.63) is 29.6 Å². The number of anilines is 1. The van der Waals surface area contributed by atoms with Crippen LogP contribution in [0.15, 0.2) is 18.2 Å². The van der Waals surface area contributed by atoms with E-state index in [2.05, 4.69) is 10.8 Å². The Balaban J connectivity index is 2.03. The summed E-state index contributed by atoms with van der Waals surface area (Å²) in [5, 5.41) is 0. The molecule has 4 nitrogen and oxygen atoms in total. The van der Waals surface area contributed by atoms with Crippen molar-refractivity contribution in [3.8, 4) is 12.3 Å². The smallest absolute Gasteiger partial charge is 0.254 e. The number of nitrogens with zero attached hydrogens (tertiary/aromatic N) is 2. The van der Waals surface area contributed by atoms with Gasteiger partial charge in [-0.15, -0.1) is 6.42 Å². The minimum absolute atomic E-state index is 0.188. The maximum Gasteiger partial charge on any atom is 0.254 e. The molecule has 1 aromatic carbocycles. The molecule has 1 amide bonds. The van der Waals surface area contributed by atoms with Crippen LogP contribution >= 0.6 is 0 Å². The van der Waals surface area contributed by atoms with Crippen LogP contribution in [0.1, 0.15) is 10.4 Å². The molecule has 0 bridgehead atoms. The Labute approximate surface area is 112 Å². The minimum Gasteiger partial charge on any atom is -0.399 e. The van der Waals surface area contributed by atoms with Crippen molar-refractivity contribution in [3.63, 3.8) is 0 Å². The van der Waals surface area contributed by atoms with Crippen LogP contribution in [-0.2, 0) is 0 Å². The fourth-order valence-electron chi connectivity index (χ4n) is 2.16. The third kappa shape index (κ3) is 3.24. The Bertz CT molecular complexity index is 496. The van der Waals surface area contributed by atoms with Crippen LogP contribution < -0.4 is 5.73 Å². The normalized spacial score (nSPS) is 16.1. The van der Waals surface area contributed by atoms with Gasteiger partial charge in [0.1, 0.15) is 5.82 Å². The highest BCUT2D eigenvalue weighted by molar-refractivity contribution is 5.95. The molecule has 0 radical (unpaired) electrons. The molecule has 1 aromatic rings. The summed E-state index contributed by atoms with van der Waals surface area (Å²) in [5.41, 5.74) is 6.10. The Morgan fingerprint density at radius 2 is 2.00 bits per heavy atom. The molecule has 100 valence electrons. The Hall–Kier alpha value is -2.06. The number of carbonyl (C=O) groups is 1. The topological polar surface area (TPSA) is 49.6 Å². The quantitative estimate of drug-likeness (QED) is 0.633. The number of piperazine rings is 1. The monoisotopic (exact) mass is 261 g/mol. The molecule has 0 unspecified atom stereocenters. The van der Waals surface area contributed by atoms with Gasteiger partial charge in [-0.1, -0.05) is 5.92 Å². The van der Waals surface area contributed by atoms with Gasteiger partial charge in [-0.2, -0.15) is 0 Å². The van der Waals surface area contributed by atoms with Gasteiger partial charge in [-0.25, -0.2) is 4.39 Å². The largest absolute Gasteiger partial charge is 0.399 e. The van der Waals surface area contributed by atoms with Gasteiger partial charge >= 0.3 is 0 Å². The summed E-state index contributed by atoms with van der Waals surface area (Å²) >= 11 is 0. The fraction of sp³-hybridized carbons (Fsp3) is 0.357. The fourth-order valence-corrected chi connectivity index (χ4v) is 2.16. The molecule has 0 aromatic heterocycles. The van der Waals surface area contributed by atoms with E-state index in [9.17, 15) is 9.18 Å². The molecule has 0 spiro atoms. The summed E-state index contributed by atoms with van der Waals surface area (Å²) in [5.74, 6) is 1.90. The number of carbonyl (C=O) groups excluding carboxylic acids is 1. The van der Waals surface area contributed by atoms with E-state index in [0.29, 0.717) is 25.2 Å². The highest BCUT2D eigenvalue weighted by atomic mass is 19.1. The van der Waals surface area contributed by atoms with Gasteiger partial charge in [0, 0.05) is 37.4 Å². The van der Waals surface area contributed by atoms with E-state index in [0.717, 1.165) is 13.1 Å². The molecule has 1 aliphatic rings. The van der Waals surface area contributed by atoms with Crippen molar-refractivity contribution in [1.82, 2.24) is 9.80 Å². The number of hydrogen-bond acceptors (Lipinski definition) is 3. The molecule has 2 rings (SSSR count). The summed E-state index contributed by atoms with van der Waals surface area (Å²) in [6.45, 7) is 3.25. The lowest BCUT2D eigenvalue weighted by Gasteiger charge is -2.33. The summed E-state index contributed by atoms with van der Waals surface area (Å²) in [7, 11) is 0. The number of nitrogen functional groups attached to an aromatic ring is 1. The van der Waals surface area contributed by atoms with Crippen LogP contribution in [0.5, 0.6) is 0 Å². The molecule has 0 atom stereocenters. The highest BCUT2D eigenvalue weighted by Crippen LogP contribution is 2.14. The van der Waals surface area contributed by atoms with Gasteiger partial charge in [0.05, 0.1) is 6.54 Å². The lowest BCUT2D eigenvalue weighted by Crippen LogP contribution is -2.48. The van der Waals surface area contributed by atoms with Crippen molar-refractivity contribution in [2.45, 2.75) is 0 Å². The number of halogens is 1. The van der Waals surface area contributed by atoms with Crippen LogP contribution in [-0.4, -0.2) is 48.4 Å². The molecule has 1 saturated heterocycles. The second-order valence-electron chi connectivity index (χ2n) is 4.55. The van der Waals surface area contributed by atoms with Gasteiger partial charge in [-0.05, 0) is 18.2 Å². The van der Waals surface area contributed by atoms with E-state index >= 15 is 0 Å². The van der Waals surface area contributed by atoms with Crippen molar-refractivity contribution < 1.29 is 9.18 Å². The second kappa shape index (κ2) is 5.72. The third-order valence-corrected chi connectivity index (χ3v) is 3.14. The first kappa shape index (κ1) is 13.4. The molecule has 1 aliphatic heterocycles. The molecular weight excluding hydrogens is 245 g/mol. The van der Waals surface area contributed by atoms with Gasteiger partial charge in [0.25, 0.3) is 5.91 Å². The van der Waals surface area contributed by atoms with Crippen molar-refractivity contribution in [2.24, 2.45) is 0 Å². The van der Waals surface area contributed by atoms with Gasteiger partial charge in [0.15, 0.2) is 0 Å². The van der Waals surface area contributed by atoms with Crippen molar-refractivity contribution in [1.29, 1.82) is 0 Å². The first-order chi connectivity index (χ1) is 9.10. The number of nitrogens with two attached hydrogens (primary N) is 1. The lowest BCUT2D eigenvalue weighted by molar-refractivity contribution is 0.0652. The SMILES string of the molecule is C#CCN1CCN(C(=O)c2cc(N)cc(F)c2)CC1. The third-order valence-electron chi connectivity index (χ3n) is 3.14. The number of rotatable bonds is 2. The van der Waals surface area contributed by atoms with E-state index < -0.39 is 5.82 Å². The maximum absolute atomic E-state index is 13.2. The summed E-state index contributed by atoms with van der Waals surface area (Å²) in [4.78, 5) is 16.0. The predicted molar refractivity (Wildman–Crippen MR) is 72.0 cm³/mol. The van der Waals surface area contributed by atoms with Gasteiger partial charge < -0.3 is 10.6 Å². The van der Waals surface area contributed by atoms with Crippen molar-refractivity contribution >= 4 is 11.6 Å². The zero-order chi connectivity index (χ0) is 13.8.